The molecule has 0 saturated heterocycles. The van der Waals surface area contributed by atoms with E-state index in [4.69, 9.17) is 0 Å². The Morgan fingerprint density at radius 3 is 1.36 bits per heavy atom. The van der Waals surface area contributed by atoms with Crippen LogP contribution in [0.3, 0.4) is 0 Å². The van der Waals surface area contributed by atoms with Crippen molar-refractivity contribution in [3.05, 3.63) is 201 Å². The molecule has 0 heterocycles. The minimum atomic E-state index is -5.13. The molecule has 0 amide bonds. The third-order valence-electron chi connectivity index (χ3n) is 12.7. The minimum Gasteiger partial charge on any atom is -0.406 e. The number of fused-ring (bicyclic) bond motifs is 2. The van der Waals surface area contributed by atoms with Crippen LogP contribution in [0.15, 0.2) is 140 Å². The van der Waals surface area contributed by atoms with Gasteiger partial charge in [-0.05, 0) is 100 Å². The fourth-order valence-corrected chi connectivity index (χ4v) is 9.85. The van der Waals surface area contributed by atoms with Crippen LogP contribution < -0.4 is 9.47 Å². The molecule has 360 valence electrons. The van der Waals surface area contributed by atoms with Crippen LogP contribution in [0.2, 0.25) is 0 Å². The number of nitrogens with zero attached hydrogens (tertiary/aromatic N) is 8. The predicted octanol–water partition coefficient (Wildman–Crippen LogP) is 14.3. The van der Waals surface area contributed by atoms with Crippen LogP contribution in [0, 0.1) is 90.6 Å². The van der Waals surface area contributed by atoms with Crippen LogP contribution in [0.5, 0.6) is 11.5 Å². The first-order chi connectivity index (χ1) is 36.6. The molecule has 0 spiro atoms. The number of benzene rings is 6. The van der Waals surface area contributed by atoms with E-state index in [2.05, 4.69) is 45.9 Å². The summed E-state index contributed by atoms with van der Waals surface area (Å²) >= 11 is 0. The zero-order valence-corrected chi connectivity index (χ0v) is 38.7. The molecule has 0 aromatic heterocycles. The highest BCUT2D eigenvalue weighted by atomic mass is 19.4. The van der Waals surface area contributed by atoms with E-state index in [1.807, 2.05) is 18.2 Å². The van der Waals surface area contributed by atoms with E-state index in [1.165, 1.54) is 60.7 Å². The van der Waals surface area contributed by atoms with E-state index in [-0.39, 0.29) is 117 Å². The van der Waals surface area contributed by atoms with E-state index >= 15 is 0 Å². The Hall–Kier alpha value is -11.1. The number of ether oxygens (including phenoxy) is 2. The van der Waals surface area contributed by atoms with Crippen molar-refractivity contribution in [2.45, 2.75) is 25.1 Å². The van der Waals surface area contributed by atoms with Gasteiger partial charge in [-0.25, -0.2) is 0 Å². The average molecular weight is 1000 g/mol. The van der Waals surface area contributed by atoms with Gasteiger partial charge in [0.2, 0.25) is 0 Å². The maximum absolute atomic E-state index is 13.7. The molecule has 10 nitrogen and oxygen atoms in total. The van der Waals surface area contributed by atoms with Crippen molar-refractivity contribution < 1.29 is 35.8 Å². The van der Waals surface area contributed by atoms with Crippen molar-refractivity contribution >= 4 is 33.4 Å². The number of alkyl halides is 6. The van der Waals surface area contributed by atoms with Crippen LogP contribution >= 0.6 is 0 Å². The van der Waals surface area contributed by atoms with Crippen molar-refractivity contribution in [2.75, 3.05) is 0 Å². The third kappa shape index (κ3) is 9.07. The second kappa shape index (κ2) is 19.8. The molecule has 76 heavy (non-hydrogen) atoms. The molecule has 3 aliphatic carbocycles. The van der Waals surface area contributed by atoms with Gasteiger partial charge < -0.3 is 9.47 Å². The van der Waals surface area contributed by atoms with Crippen LogP contribution in [0.1, 0.15) is 73.5 Å². The van der Waals surface area contributed by atoms with Gasteiger partial charge in [-0.15, -0.1) is 26.3 Å². The maximum atomic E-state index is 13.7. The van der Waals surface area contributed by atoms with Gasteiger partial charge in [-0.3, -0.25) is 0 Å². The number of rotatable bonds is 8. The van der Waals surface area contributed by atoms with Gasteiger partial charge >= 0.3 is 12.7 Å². The molecule has 0 aliphatic heterocycles. The van der Waals surface area contributed by atoms with Crippen molar-refractivity contribution in [3.8, 4) is 93.4 Å². The van der Waals surface area contributed by atoms with Crippen molar-refractivity contribution in [2.24, 2.45) is 0 Å². The Bertz CT molecular complexity index is 4070. The smallest absolute Gasteiger partial charge is 0.406 e. The largest absolute Gasteiger partial charge is 0.573 e. The summed E-state index contributed by atoms with van der Waals surface area (Å²) < 4.78 is 90.2. The van der Waals surface area contributed by atoms with Gasteiger partial charge in [0.25, 0.3) is 0 Å². The molecule has 6 aromatic carbocycles. The molecule has 0 saturated carbocycles. The summed E-state index contributed by atoms with van der Waals surface area (Å²) in [5.74, 6) is -1.83. The number of hydrogen-bond donors (Lipinski definition) is 0. The zero-order valence-electron chi connectivity index (χ0n) is 38.7. The lowest BCUT2D eigenvalue weighted by atomic mass is 9.76. The summed E-state index contributed by atoms with van der Waals surface area (Å²) in [4.78, 5) is 0. The molecule has 9 rings (SSSR count). The first-order valence-electron chi connectivity index (χ1n) is 22.4. The topological polar surface area (TPSA) is 209 Å². The fraction of sp³-hybridized carbons (Fsp3) is 0.0667. The lowest BCUT2D eigenvalue weighted by Crippen LogP contribution is -2.17. The van der Waals surface area contributed by atoms with E-state index < -0.39 is 30.1 Å². The highest BCUT2D eigenvalue weighted by Crippen LogP contribution is 2.58. The first kappa shape index (κ1) is 49.8. The Morgan fingerprint density at radius 1 is 0.461 bits per heavy atom. The number of allylic oxidation sites excluding steroid dienone is 12. The highest BCUT2D eigenvalue weighted by Gasteiger charge is 2.40. The molecule has 16 heteroatoms. The van der Waals surface area contributed by atoms with Gasteiger partial charge in [0.15, 0.2) is 0 Å². The molecule has 0 radical (unpaired) electrons. The summed E-state index contributed by atoms with van der Waals surface area (Å²) in [6.45, 7) is 0. The second-order valence-corrected chi connectivity index (χ2v) is 16.9. The Balaban J connectivity index is 1.54. The second-order valence-electron chi connectivity index (χ2n) is 16.9. The molecule has 6 aromatic rings. The van der Waals surface area contributed by atoms with E-state index in [1.54, 1.807) is 48.6 Å². The first-order valence-corrected chi connectivity index (χ1v) is 22.4. The molecule has 0 fully saturated rings. The lowest BCUT2D eigenvalue weighted by Gasteiger charge is -2.25. The molecule has 1 atom stereocenters. The van der Waals surface area contributed by atoms with E-state index in [0.717, 1.165) is 24.3 Å². The van der Waals surface area contributed by atoms with Gasteiger partial charge in [0, 0.05) is 56.0 Å². The summed E-state index contributed by atoms with van der Waals surface area (Å²) in [5.41, 5.74) is 0.498. The number of nitriles is 8. The molecular formula is C60H26F6N8O2. The molecule has 3 aliphatic rings. The van der Waals surface area contributed by atoms with Crippen LogP contribution in [0.4, 0.5) is 26.3 Å². The Kier molecular flexibility index (Phi) is 13.0. The Morgan fingerprint density at radius 2 is 0.921 bits per heavy atom. The van der Waals surface area contributed by atoms with Gasteiger partial charge in [-0.2, -0.15) is 42.1 Å². The molecule has 1 unspecified atom stereocenters. The summed E-state index contributed by atoms with van der Waals surface area (Å²) in [6, 6.07) is 40.0. The van der Waals surface area contributed by atoms with Crippen molar-refractivity contribution in [1.82, 2.24) is 0 Å². The normalized spacial score (nSPS) is 15.3. The molecule has 0 bridgehead atoms. The van der Waals surface area contributed by atoms with Gasteiger partial charge in [0.05, 0.1) is 81.0 Å². The predicted molar refractivity (Wildman–Crippen MR) is 266 cm³/mol. The van der Waals surface area contributed by atoms with Crippen LogP contribution in [-0.2, 0) is 0 Å². The number of hydrogen-bond acceptors (Lipinski definition) is 10. The zero-order chi connectivity index (χ0) is 54.1. The van der Waals surface area contributed by atoms with Crippen molar-refractivity contribution in [3.63, 3.8) is 0 Å². The fourth-order valence-electron chi connectivity index (χ4n) is 9.85. The maximum Gasteiger partial charge on any atom is 0.573 e. The van der Waals surface area contributed by atoms with E-state index in [0.29, 0.717) is 17.5 Å². The minimum absolute atomic E-state index is 0.00206. The summed E-state index contributed by atoms with van der Waals surface area (Å²) in [7, 11) is 0. The standard InChI is InChI=1S/C60H26F6N8O2/c61-59(62,63)75-43-15-11-37(12-16-43)53-55-41(29-71)23-47(49(31-73)45-21-33(25-67)19-39(27-69)51(45)35-7-3-1-4-8-35)57(55)54(38-13-17-44(18-14-38)76-60(64,65)66)58-48(24-42(30-72)56(53)58)50(32-74)46-22-34(26-68)20-40(28-70)52(46)36-9-5-2-6-10-36/h1-9,11-24,36H,10H2/b49-47+,50-48+. The van der Waals surface area contributed by atoms with Crippen LogP contribution in [-0.4, -0.2) is 12.7 Å². The summed E-state index contributed by atoms with van der Waals surface area (Å²) in [5, 5.41) is 87.1. The average Bonchev–Trinajstić information content (AvgIpc) is 4.06. The Labute approximate surface area is 429 Å². The highest BCUT2D eigenvalue weighted by molar-refractivity contribution is 6.24. The SMILES string of the molecule is N#CC1=C/C(=C(/C#N)c2cc(C#N)cc(C#N)c2-c2ccccc2)c2c1c(-c1ccc(OC(F)(F)F)cc1)c1c(c2-c2ccc(OC(F)(F)F)cc2)/C(=C(\C#N)c2cc(C#N)cc(C#N)c2C2C=CC=CC2)C=C1C#N. The molecule has 0 N–H and O–H groups in total. The van der Waals surface area contributed by atoms with Crippen molar-refractivity contribution in [1.29, 1.82) is 42.1 Å². The van der Waals surface area contributed by atoms with Gasteiger partial charge in [0.1, 0.15) is 23.6 Å². The number of halogens is 6. The quantitative estimate of drug-likeness (QED) is 0.104. The van der Waals surface area contributed by atoms with Gasteiger partial charge in [-0.1, -0.05) is 78.9 Å². The molecular weight excluding hydrogens is 979 g/mol. The van der Waals surface area contributed by atoms with Crippen LogP contribution in [0.25, 0.3) is 66.8 Å². The monoisotopic (exact) mass is 1000 g/mol. The lowest BCUT2D eigenvalue weighted by molar-refractivity contribution is -0.275. The third-order valence-corrected chi connectivity index (χ3v) is 12.7. The summed E-state index contributed by atoms with van der Waals surface area (Å²) in [6.07, 6.45) is -0.00752. The van der Waals surface area contributed by atoms with E-state index in [9.17, 15) is 68.4 Å².